The first-order valence-electron chi connectivity index (χ1n) is 45.7. The topological polar surface area (TPSA) is 533 Å². The molecule has 0 radical (unpaired) electrons. The van der Waals surface area contributed by atoms with Crippen LogP contribution in [0, 0.1) is 29.1 Å². The Labute approximate surface area is 853 Å². The van der Waals surface area contributed by atoms with Gasteiger partial charge in [0.25, 0.3) is 6.47 Å². The number of benzene rings is 3. The Balaban J connectivity index is 0. The Morgan fingerprint density at radius 3 is 1.01 bits per heavy atom. The zero-order valence-electron chi connectivity index (χ0n) is 86.1. The lowest BCUT2D eigenvalue weighted by Crippen LogP contribution is -2.49. The second-order valence-corrected chi connectivity index (χ2v) is 48.7. The Hall–Kier alpha value is -10.2. The molecule has 0 aliphatic heterocycles. The van der Waals surface area contributed by atoms with Crippen molar-refractivity contribution in [2.45, 2.75) is 200 Å². The fourth-order valence-corrected chi connectivity index (χ4v) is 16.9. The molecular formula is C91H148F5N13O29S6. The largest absolute Gasteiger partial charge is 0.514 e. The third kappa shape index (κ3) is 66.8. The summed E-state index contributed by atoms with van der Waals surface area (Å²) in [6.07, 6.45) is 6.74. The smallest absolute Gasteiger partial charge is 0.481 e. The minimum absolute atomic E-state index is 0.00623. The average molecular weight is 2180 g/mol. The van der Waals surface area contributed by atoms with Crippen LogP contribution in [0.4, 0.5) is 41.1 Å². The molecule has 3 aromatic rings. The summed E-state index contributed by atoms with van der Waals surface area (Å²) in [6, 6.07) is 9.05. The summed E-state index contributed by atoms with van der Waals surface area (Å²) in [5.41, 5.74) is 0.0492. The lowest BCUT2D eigenvalue weighted by molar-refractivity contribution is -0.158. The molecule has 0 saturated carbocycles. The molecule has 0 aliphatic rings. The molecule has 0 aromatic heterocycles. The Morgan fingerprint density at radius 1 is 0.396 bits per heavy atom. The summed E-state index contributed by atoms with van der Waals surface area (Å²) in [4.78, 5) is 179. The molecular weight excluding hydrogens is 2030 g/mol. The molecule has 0 fully saturated rings. The van der Waals surface area contributed by atoms with Crippen LogP contribution in [0.1, 0.15) is 168 Å². The number of carboxylic acids is 2. The number of hydrogen-bond acceptors (Lipinski definition) is 34. The Morgan fingerprint density at radius 2 is 0.715 bits per heavy atom. The highest BCUT2D eigenvalue weighted by molar-refractivity contribution is 8.72. The Kier molecular flexibility index (Phi) is 68.1. The second-order valence-electron chi connectivity index (χ2n) is 35.0. The summed E-state index contributed by atoms with van der Waals surface area (Å²) >= 11 is 0. The first-order chi connectivity index (χ1) is 66.9. The molecule has 0 spiro atoms. The minimum Gasteiger partial charge on any atom is -0.481 e. The van der Waals surface area contributed by atoms with Crippen molar-refractivity contribution in [2.75, 3.05) is 186 Å². The number of amides is 9. The van der Waals surface area contributed by atoms with E-state index in [4.69, 9.17) is 24.1 Å². The molecule has 0 saturated heterocycles. The van der Waals surface area contributed by atoms with Gasteiger partial charge >= 0.3 is 42.3 Å². The molecule has 0 aliphatic carbocycles. The molecule has 7 N–H and O–H groups in total. The summed E-state index contributed by atoms with van der Waals surface area (Å²) in [6.45, 7) is 15.7. The van der Waals surface area contributed by atoms with Crippen molar-refractivity contribution >= 4 is 143 Å². The minimum atomic E-state index is -3.11. The van der Waals surface area contributed by atoms with Crippen LogP contribution in [0.25, 0.3) is 0 Å². The molecule has 822 valence electrons. The molecule has 0 heterocycles. The van der Waals surface area contributed by atoms with Crippen LogP contribution >= 0.6 is 32.4 Å². The van der Waals surface area contributed by atoms with E-state index in [1.165, 1.54) is 76.2 Å². The quantitative estimate of drug-likeness (QED) is 0.00318. The van der Waals surface area contributed by atoms with Crippen molar-refractivity contribution in [3.8, 4) is 17.2 Å². The number of nitrogens with one attached hydrogen (secondary N) is 5. The van der Waals surface area contributed by atoms with Gasteiger partial charge in [-0.2, -0.15) is 8.78 Å². The maximum absolute atomic E-state index is 13.5. The third-order valence-corrected chi connectivity index (χ3v) is 27.2. The number of ether oxygens (including phenoxy) is 7. The van der Waals surface area contributed by atoms with Crippen molar-refractivity contribution in [1.82, 2.24) is 65.8 Å². The van der Waals surface area contributed by atoms with Gasteiger partial charge in [0.15, 0.2) is 26.6 Å². The molecule has 53 heteroatoms. The van der Waals surface area contributed by atoms with Crippen molar-refractivity contribution in [2.24, 2.45) is 0 Å². The first-order valence-corrected chi connectivity index (χ1v) is 55.9. The average Bonchev–Trinajstić information content (AvgIpc) is 0.793. The van der Waals surface area contributed by atoms with Crippen molar-refractivity contribution in [3.63, 3.8) is 0 Å². The number of esters is 1. The molecule has 3 aromatic carbocycles. The second kappa shape index (κ2) is 72.2. The monoisotopic (exact) mass is 2170 g/mol. The van der Waals surface area contributed by atoms with Gasteiger partial charge in [0, 0.05) is 150 Å². The number of carbonyl (C=O) groups excluding carboxylic acids is 12. The van der Waals surface area contributed by atoms with E-state index in [1.54, 1.807) is 73.2 Å². The lowest BCUT2D eigenvalue weighted by Gasteiger charge is -2.28. The molecule has 144 heavy (non-hydrogen) atoms. The van der Waals surface area contributed by atoms with Gasteiger partial charge in [-0.3, -0.25) is 47.9 Å². The fraction of sp³-hybridized carbons (Fsp3) is 0.648. The number of carboxylic acid groups (broad SMARTS) is 2. The van der Waals surface area contributed by atoms with E-state index in [1.807, 2.05) is 65.8 Å². The summed E-state index contributed by atoms with van der Waals surface area (Å²) in [5, 5.41) is 32.3. The fourth-order valence-electron chi connectivity index (χ4n) is 11.2. The van der Waals surface area contributed by atoms with Crippen molar-refractivity contribution < 1.29 is 158 Å². The van der Waals surface area contributed by atoms with E-state index in [9.17, 15) is 119 Å². The number of likely N-dealkylation sites (N-methyl/N-ethyl adjacent to an activating group) is 7. The van der Waals surface area contributed by atoms with Crippen LogP contribution in [0.15, 0.2) is 48.5 Å². The number of nitrogens with zero attached hydrogens (tertiary/aromatic N) is 8. The van der Waals surface area contributed by atoms with E-state index in [-0.39, 0.29) is 80.4 Å². The van der Waals surface area contributed by atoms with Crippen molar-refractivity contribution in [1.29, 1.82) is 0 Å². The highest BCUT2D eigenvalue weighted by atomic mass is 33.1. The van der Waals surface area contributed by atoms with Crippen LogP contribution in [-0.4, -0.2) is 374 Å². The first kappa shape index (κ1) is 136. The molecule has 3 rings (SSSR count). The molecule has 42 nitrogen and oxygen atoms in total. The molecule has 3 atom stereocenters. The Bertz CT molecular complexity index is 4810. The van der Waals surface area contributed by atoms with Gasteiger partial charge < -0.3 is 109 Å². The maximum Gasteiger partial charge on any atom is 0.514 e. The number of halogens is 5. The van der Waals surface area contributed by atoms with Crippen LogP contribution in [0.3, 0.4) is 0 Å². The third-order valence-electron chi connectivity index (χ3n) is 19.2. The van der Waals surface area contributed by atoms with Gasteiger partial charge in [-0.25, -0.2) is 57.6 Å². The van der Waals surface area contributed by atoms with Crippen molar-refractivity contribution in [3.05, 3.63) is 88.7 Å². The molecule has 0 bridgehead atoms. The zero-order valence-corrected chi connectivity index (χ0v) is 91.0. The van der Waals surface area contributed by atoms with Gasteiger partial charge in [-0.1, -0.05) is 43.5 Å². The van der Waals surface area contributed by atoms with E-state index >= 15 is 0 Å². The number of unbranched alkanes of at least 4 members (excludes halogenated alkanes) is 6. The number of rotatable bonds is 59. The predicted octanol–water partition coefficient (Wildman–Crippen LogP) is 9.15. The van der Waals surface area contributed by atoms with E-state index < -0.39 is 159 Å². The normalized spacial score (nSPS) is 11.9. The summed E-state index contributed by atoms with van der Waals surface area (Å²) in [5.74, 6) is -16.7. The van der Waals surface area contributed by atoms with Crippen LogP contribution in [0.2, 0.25) is 0 Å². The van der Waals surface area contributed by atoms with Gasteiger partial charge in [0.1, 0.15) is 54.0 Å². The van der Waals surface area contributed by atoms with Gasteiger partial charge in [-0.15, -0.1) is 0 Å². The zero-order chi connectivity index (χ0) is 110. The standard InChI is InChI=1S/C30H49N5O10S2.C20H19F5N2O5.C20H39N3O6S2.C16H31N3O6S2.C5H10O2/c1-32(2)18-19-34(4)30(41)45-24-14-12-23(13-15-24)22-44-29(40)33(3)17-10-16-31-28(39)25(21-27(37)38)35(5)26(36)11-8-7-9-20-46-47(6,42)43;1-26(2)8-9-27(3)19(28)31-12-6-4-11(5-7-12)10-30-20(29)32-18-16(24)14(22)13(21)15(23)17(18)25;1-20(2,3)29-18(25)15-16(19(26)22-13-10-12-21-4)23(5)17(24)11-8-7-9-14-30-31(6,27)28;1-17-9-7-10-18-16(23)13(12-15(21)22)19(2)14(20)8-5-4-6-11-26-27(3,24)25;1-5(2,3)7-4-6/h12-15,25H,7-11,16-22H2,1-6H3,(H,31,39)(H,37,38);4-7H,8-10H2,1-3H3;16,21H,7-15H2,1-6H3,(H,22,26);13,17H,4-12H2,1-3H3,(H,18,23)(H,21,22);4H,1-3H3/t25-;;16-;13-;/m0.00./s1. The lowest BCUT2D eigenvalue weighted by atomic mass is 10.1. The van der Waals surface area contributed by atoms with E-state index in [0.29, 0.717) is 151 Å². The highest BCUT2D eigenvalue weighted by Gasteiger charge is 2.35. The number of aliphatic carboxylic acids is 2. The molecule has 0 unspecified atom stereocenters. The van der Waals surface area contributed by atoms with Gasteiger partial charge in [-0.05, 0) is 222 Å². The SMILES string of the molecule is CC(C)(C)OC=O.CN(C)CCN(C)C(=O)Oc1ccc(COC(=O)N(C)CCCNC(=O)[C@H](CC(=O)O)N(C)C(=O)CCCCCSS(C)(=O)=O)cc1.CN(C)CCN(C)C(=O)Oc1ccc(COC(=O)Oc2c(F)c(F)c(F)c(F)c2F)cc1.CNCCCNC(=O)[C@H](CC(=O)O)N(C)C(=O)CCCCCSS(C)(=O)=O.CNCCCNC(=O)[C@H](CC(=O)OC(C)(C)C)N(C)C(=O)CCCCCSS(C)(=O)=O. The number of hydrogen-bond donors (Lipinski definition) is 7. The predicted molar refractivity (Wildman–Crippen MR) is 537 cm³/mol. The number of carbonyl (C=O) groups is 14. The van der Waals surface area contributed by atoms with E-state index in [0.717, 1.165) is 69.3 Å². The van der Waals surface area contributed by atoms with Gasteiger partial charge in [0.05, 0.1) is 19.3 Å². The summed E-state index contributed by atoms with van der Waals surface area (Å²) in [7, 11) is 13.7. The van der Waals surface area contributed by atoms with Crippen LogP contribution in [0.5, 0.6) is 17.2 Å². The van der Waals surface area contributed by atoms with Gasteiger partial charge in [0.2, 0.25) is 70.3 Å². The van der Waals surface area contributed by atoms with Crippen LogP contribution in [-0.2, 0) is 107 Å². The van der Waals surface area contributed by atoms with Crippen LogP contribution < -0.4 is 40.8 Å². The summed E-state index contributed by atoms with van der Waals surface area (Å²) < 4.78 is 167. The maximum atomic E-state index is 13.5. The van der Waals surface area contributed by atoms with E-state index in [2.05, 4.69) is 40.8 Å². The highest BCUT2D eigenvalue weighted by Crippen LogP contribution is 2.30. The molecule has 9 amide bonds.